The lowest BCUT2D eigenvalue weighted by atomic mass is 10.0. The predicted octanol–water partition coefficient (Wildman–Crippen LogP) is 8.15. The van der Waals surface area contributed by atoms with Crippen molar-refractivity contribution in [3.63, 3.8) is 0 Å². The number of ether oxygens (including phenoxy) is 2. The van der Waals surface area contributed by atoms with Gasteiger partial charge in [-0.2, -0.15) is 4.39 Å². The molecular formula is C29H32F2O3. The number of carbonyl (C=O) groups is 1. The first-order valence-corrected chi connectivity index (χ1v) is 12.1. The smallest absolute Gasteiger partial charge is 0.343 e. The Balaban J connectivity index is 1.61. The van der Waals surface area contributed by atoms with Gasteiger partial charge in [0.15, 0.2) is 11.6 Å². The van der Waals surface area contributed by atoms with E-state index in [1.165, 1.54) is 12.1 Å². The first-order chi connectivity index (χ1) is 16.5. The molecule has 0 unspecified atom stereocenters. The first-order valence-electron chi connectivity index (χ1n) is 12.1. The zero-order valence-corrected chi connectivity index (χ0v) is 19.9. The standard InChI is InChI=1S/C29H32F2O3/c1-3-5-7-9-23-16-19-26(28(31)27(23)30)34-29(32)24-12-10-21(11-13-24)22-14-17-25(18-15-22)33-20-8-6-4-2/h10-19H,3-9,20H2,1-2H3. The van der Waals surface area contributed by atoms with E-state index in [2.05, 4.69) is 6.92 Å². The lowest BCUT2D eigenvalue weighted by molar-refractivity contribution is 0.0726. The molecular weight excluding hydrogens is 434 g/mol. The van der Waals surface area contributed by atoms with Gasteiger partial charge in [0.2, 0.25) is 5.82 Å². The van der Waals surface area contributed by atoms with E-state index in [1.54, 1.807) is 24.3 Å². The van der Waals surface area contributed by atoms with E-state index in [0.29, 0.717) is 18.6 Å². The van der Waals surface area contributed by atoms with Gasteiger partial charge in [-0.15, -0.1) is 0 Å². The Morgan fingerprint density at radius 3 is 2.00 bits per heavy atom. The van der Waals surface area contributed by atoms with Crippen LogP contribution in [0.5, 0.6) is 11.5 Å². The summed E-state index contributed by atoms with van der Waals surface area (Å²) in [7, 11) is 0. The highest BCUT2D eigenvalue weighted by Crippen LogP contribution is 2.26. The van der Waals surface area contributed by atoms with Gasteiger partial charge in [0.05, 0.1) is 12.2 Å². The maximum Gasteiger partial charge on any atom is 0.343 e. The Hall–Kier alpha value is -3.21. The summed E-state index contributed by atoms with van der Waals surface area (Å²) in [5.41, 5.74) is 2.45. The summed E-state index contributed by atoms with van der Waals surface area (Å²) in [5, 5.41) is 0. The molecule has 0 saturated carbocycles. The topological polar surface area (TPSA) is 35.5 Å². The number of esters is 1. The second-order valence-corrected chi connectivity index (χ2v) is 8.35. The summed E-state index contributed by atoms with van der Waals surface area (Å²) in [4.78, 5) is 12.5. The van der Waals surface area contributed by atoms with E-state index >= 15 is 0 Å². The van der Waals surface area contributed by atoms with Crippen LogP contribution in [-0.4, -0.2) is 12.6 Å². The molecule has 0 heterocycles. The number of carbonyl (C=O) groups excluding carboxylic acids is 1. The molecule has 5 heteroatoms. The molecule has 0 bridgehead atoms. The quantitative estimate of drug-likeness (QED) is 0.153. The lowest BCUT2D eigenvalue weighted by Gasteiger charge is -2.10. The molecule has 0 fully saturated rings. The zero-order chi connectivity index (χ0) is 24.3. The van der Waals surface area contributed by atoms with Crippen LogP contribution in [0.15, 0.2) is 60.7 Å². The average molecular weight is 467 g/mol. The van der Waals surface area contributed by atoms with Crippen molar-refractivity contribution in [2.24, 2.45) is 0 Å². The minimum Gasteiger partial charge on any atom is -0.494 e. The highest BCUT2D eigenvalue weighted by Gasteiger charge is 2.18. The van der Waals surface area contributed by atoms with Crippen LogP contribution in [0, 0.1) is 11.6 Å². The molecule has 3 nitrogen and oxygen atoms in total. The summed E-state index contributed by atoms with van der Waals surface area (Å²) in [5.74, 6) is -2.39. The molecule has 34 heavy (non-hydrogen) atoms. The van der Waals surface area contributed by atoms with E-state index in [0.717, 1.165) is 55.4 Å². The molecule has 3 aromatic carbocycles. The number of halogens is 2. The molecule has 0 aliphatic rings. The highest BCUT2D eigenvalue weighted by molar-refractivity contribution is 5.91. The van der Waals surface area contributed by atoms with Crippen molar-refractivity contribution >= 4 is 5.97 Å². The second kappa shape index (κ2) is 12.9. The van der Waals surface area contributed by atoms with Crippen LogP contribution < -0.4 is 9.47 Å². The Kier molecular flexibility index (Phi) is 9.62. The van der Waals surface area contributed by atoms with Gasteiger partial charge >= 0.3 is 5.97 Å². The summed E-state index contributed by atoms with van der Waals surface area (Å²) in [6.45, 7) is 4.91. The van der Waals surface area contributed by atoms with Crippen molar-refractivity contribution in [2.45, 2.75) is 58.8 Å². The maximum atomic E-state index is 14.4. The molecule has 0 saturated heterocycles. The van der Waals surface area contributed by atoms with Gasteiger partial charge in [-0.3, -0.25) is 0 Å². The van der Waals surface area contributed by atoms with Crippen LogP contribution in [-0.2, 0) is 6.42 Å². The van der Waals surface area contributed by atoms with Crippen LogP contribution in [0.2, 0.25) is 0 Å². The van der Waals surface area contributed by atoms with Gasteiger partial charge in [0.25, 0.3) is 0 Å². The van der Waals surface area contributed by atoms with E-state index in [4.69, 9.17) is 9.47 Å². The fourth-order valence-electron chi connectivity index (χ4n) is 3.65. The Labute approximate surface area is 200 Å². The molecule has 0 spiro atoms. The third kappa shape index (κ3) is 6.89. The van der Waals surface area contributed by atoms with Crippen molar-refractivity contribution < 1.29 is 23.0 Å². The number of benzene rings is 3. The molecule has 0 aliphatic carbocycles. The van der Waals surface area contributed by atoms with Crippen molar-refractivity contribution in [1.82, 2.24) is 0 Å². The summed E-state index contributed by atoms with van der Waals surface area (Å²) in [6.07, 6.45) is 6.53. The van der Waals surface area contributed by atoms with Crippen LogP contribution in [0.3, 0.4) is 0 Å². The van der Waals surface area contributed by atoms with Crippen LogP contribution in [0.25, 0.3) is 11.1 Å². The Morgan fingerprint density at radius 2 is 1.35 bits per heavy atom. The number of rotatable bonds is 12. The van der Waals surface area contributed by atoms with Gasteiger partial charge in [-0.25, -0.2) is 9.18 Å². The first kappa shape index (κ1) is 25.4. The average Bonchev–Trinajstić information content (AvgIpc) is 2.86. The van der Waals surface area contributed by atoms with E-state index < -0.39 is 23.4 Å². The molecule has 0 radical (unpaired) electrons. The van der Waals surface area contributed by atoms with E-state index in [-0.39, 0.29) is 5.56 Å². The molecule has 0 amide bonds. The summed E-state index contributed by atoms with van der Waals surface area (Å²) < 4.78 is 39.6. The lowest BCUT2D eigenvalue weighted by Crippen LogP contribution is -2.10. The van der Waals surface area contributed by atoms with Crippen molar-refractivity contribution in [1.29, 1.82) is 0 Å². The number of unbranched alkanes of at least 4 members (excludes halogenated alkanes) is 4. The minimum atomic E-state index is -1.13. The third-order valence-corrected chi connectivity index (χ3v) is 5.70. The fraction of sp³-hybridized carbons (Fsp3) is 0.345. The second-order valence-electron chi connectivity index (χ2n) is 8.35. The number of hydrogen-bond acceptors (Lipinski definition) is 3. The molecule has 3 rings (SSSR count). The SMILES string of the molecule is CCCCCOc1ccc(-c2ccc(C(=O)Oc3ccc(CCCCC)c(F)c3F)cc2)cc1. The Bertz CT molecular complexity index is 1060. The van der Waals surface area contributed by atoms with Crippen molar-refractivity contribution in [3.05, 3.63) is 83.4 Å². The minimum absolute atomic E-state index is 0.256. The largest absolute Gasteiger partial charge is 0.494 e. The normalized spacial score (nSPS) is 10.8. The number of aryl methyl sites for hydroxylation is 1. The van der Waals surface area contributed by atoms with Gasteiger partial charge in [-0.1, -0.05) is 69.9 Å². The van der Waals surface area contributed by atoms with Gasteiger partial charge in [0, 0.05) is 0 Å². The predicted molar refractivity (Wildman–Crippen MR) is 131 cm³/mol. The van der Waals surface area contributed by atoms with Crippen molar-refractivity contribution in [3.8, 4) is 22.6 Å². The van der Waals surface area contributed by atoms with Gasteiger partial charge < -0.3 is 9.47 Å². The summed E-state index contributed by atoms with van der Waals surface area (Å²) in [6, 6.07) is 17.4. The molecule has 0 N–H and O–H groups in total. The Morgan fingerprint density at radius 1 is 0.735 bits per heavy atom. The molecule has 0 aliphatic heterocycles. The molecule has 0 aromatic heterocycles. The maximum absolute atomic E-state index is 14.4. The molecule has 3 aromatic rings. The van der Waals surface area contributed by atoms with Crippen molar-refractivity contribution in [2.75, 3.05) is 6.61 Å². The van der Waals surface area contributed by atoms with Crippen LogP contribution >= 0.6 is 0 Å². The van der Waals surface area contributed by atoms with Crippen LogP contribution in [0.1, 0.15) is 68.3 Å². The third-order valence-electron chi connectivity index (χ3n) is 5.70. The fourth-order valence-corrected chi connectivity index (χ4v) is 3.65. The molecule has 0 atom stereocenters. The summed E-state index contributed by atoms with van der Waals surface area (Å²) >= 11 is 0. The van der Waals surface area contributed by atoms with Gasteiger partial charge in [-0.05, 0) is 66.3 Å². The van der Waals surface area contributed by atoms with Crippen LogP contribution in [0.4, 0.5) is 8.78 Å². The molecule has 180 valence electrons. The van der Waals surface area contributed by atoms with E-state index in [9.17, 15) is 13.6 Å². The monoisotopic (exact) mass is 466 g/mol. The van der Waals surface area contributed by atoms with Gasteiger partial charge in [0.1, 0.15) is 5.75 Å². The highest BCUT2D eigenvalue weighted by atomic mass is 19.2. The number of hydrogen-bond donors (Lipinski definition) is 0. The van der Waals surface area contributed by atoms with E-state index in [1.807, 2.05) is 31.2 Å². The zero-order valence-electron chi connectivity index (χ0n) is 19.9.